The average Bonchev–Trinajstić information content (AvgIpc) is 2.38. The summed E-state index contributed by atoms with van der Waals surface area (Å²) >= 11 is 5.59. The molecule has 3 N–H and O–H groups in total. The highest BCUT2D eigenvalue weighted by molar-refractivity contribution is 6.30. The molecule has 0 aliphatic rings. The molecule has 0 spiro atoms. The number of nitrogens with one attached hydrogen (secondary N) is 1. The van der Waals surface area contributed by atoms with Crippen LogP contribution >= 0.6 is 11.6 Å². The number of benzene rings is 1. The molecule has 0 radical (unpaired) electrons. The van der Waals surface area contributed by atoms with E-state index in [2.05, 4.69) is 0 Å². The van der Waals surface area contributed by atoms with Gasteiger partial charge in [0.25, 0.3) is 5.91 Å². The molecule has 0 atom stereocenters. The van der Waals surface area contributed by atoms with Gasteiger partial charge in [-0.1, -0.05) is 17.7 Å². The van der Waals surface area contributed by atoms with Crippen LogP contribution in [0.25, 0.3) is 0 Å². The predicted molar refractivity (Wildman–Crippen MR) is 67.6 cm³/mol. The van der Waals surface area contributed by atoms with E-state index in [0.717, 1.165) is 0 Å². The first-order valence-corrected chi connectivity index (χ1v) is 5.77. The topological polar surface area (TPSA) is 95.9 Å². The first kappa shape index (κ1) is 15.9. The second-order valence-corrected chi connectivity index (χ2v) is 4.06. The fourth-order valence-electron chi connectivity index (χ4n) is 1.20. The zero-order valence-electron chi connectivity index (χ0n) is 10.1. The average molecular weight is 304 g/mol. The van der Waals surface area contributed by atoms with Gasteiger partial charge in [0.1, 0.15) is 5.82 Å². The van der Waals surface area contributed by atoms with Gasteiger partial charge < -0.3 is 10.2 Å². The van der Waals surface area contributed by atoms with Crippen LogP contribution in [-0.4, -0.2) is 28.7 Å². The molecule has 20 heavy (non-hydrogen) atoms. The van der Waals surface area contributed by atoms with E-state index in [1.165, 1.54) is 18.2 Å². The van der Waals surface area contributed by atoms with Gasteiger partial charge in [0.15, 0.2) is 0 Å². The molecule has 108 valence electrons. The lowest BCUT2D eigenvalue weighted by molar-refractivity contribution is -0.136. The molecule has 6 nitrogen and oxygen atoms in total. The van der Waals surface area contributed by atoms with E-state index in [-0.39, 0.29) is 11.6 Å². The molecule has 0 aromatic heterocycles. The van der Waals surface area contributed by atoms with Crippen LogP contribution in [0.5, 0.6) is 0 Å². The van der Waals surface area contributed by atoms with E-state index in [0.29, 0.717) is 18.1 Å². The Morgan fingerprint density at radius 3 is 2.70 bits per heavy atom. The van der Waals surface area contributed by atoms with Crippen molar-refractivity contribution in [1.29, 1.82) is 0 Å². The molecule has 1 aromatic rings. The molecule has 0 heterocycles. The third-order valence-corrected chi connectivity index (χ3v) is 2.43. The van der Waals surface area contributed by atoms with Crippen molar-refractivity contribution < 1.29 is 29.0 Å². The molecule has 0 fully saturated rings. The zero-order valence-corrected chi connectivity index (χ0v) is 10.9. The highest BCUT2D eigenvalue weighted by Gasteiger charge is 2.07. The Morgan fingerprint density at radius 1 is 1.40 bits per heavy atom. The molecule has 1 aromatic carbocycles. The maximum Gasteiger partial charge on any atom is 0.371 e. The molecule has 0 aliphatic heterocycles. The molecular formula is C12H11ClFNO5. The molecule has 8 heteroatoms. The van der Waals surface area contributed by atoms with Crippen LogP contribution in [0.15, 0.2) is 30.0 Å². The van der Waals surface area contributed by atoms with E-state index >= 15 is 0 Å². The number of amides is 1. The smallest absolute Gasteiger partial charge is 0.371 e. The zero-order chi connectivity index (χ0) is 15.1. The van der Waals surface area contributed by atoms with Crippen LogP contribution in [0.4, 0.5) is 4.39 Å². The highest BCUT2D eigenvalue weighted by Crippen LogP contribution is 2.16. The third kappa shape index (κ3) is 5.25. The quantitative estimate of drug-likeness (QED) is 0.321. The lowest BCUT2D eigenvalue weighted by atomic mass is 10.2. The maximum atomic E-state index is 12.9. The summed E-state index contributed by atoms with van der Waals surface area (Å²) in [6.07, 6.45) is 0.825. The van der Waals surface area contributed by atoms with Gasteiger partial charge in [0, 0.05) is 0 Å². The fourth-order valence-corrected chi connectivity index (χ4v) is 1.40. The Hall–Kier alpha value is -2.12. The number of aliphatic hydroxyl groups is 1. The van der Waals surface area contributed by atoms with Gasteiger partial charge in [0.2, 0.25) is 5.76 Å². The van der Waals surface area contributed by atoms with Crippen molar-refractivity contribution in [1.82, 2.24) is 5.48 Å². The molecule has 1 rings (SSSR count). The van der Waals surface area contributed by atoms with Crippen LogP contribution in [0.2, 0.25) is 5.02 Å². The molecule has 0 unspecified atom stereocenters. The Balaban J connectivity index is 2.35. The summed E-state index contributed by atoms with van der Waals surface area (Å²) in [5, 5.41) is 17.1. The van der Waals surface area contributed by atoms with Crippen LogP contribution < -0.4 is 5.48 Å². The lowest BCUT2D eigenvalue weighted by Gasteiger charge is -2.04. The van der Waals surface area contributed by atoms with E-state index in [1.807, 2.05) is 5.48 Å². The molecule has 0 bridgehead atoms. The predicted octanol–water partition coefficient (Wildman–Crippen LogP) is 1.60. The number of aliphatic carboxylic acids is 1. The molecule has 0 saturated heterocycles. The third-order valence-electron chi connectivity index (χ3n) is 2.14. The normalized spacial score (nSPS) is 11.2. The number of carboxylic acid groups (broad SMARTS) is 1. The number of carbonyl (C=O) groups excluding carboxylic acids is 1. The van der Waals surface area contributed by atoms with E-state index in [9.17, 15) is 14.0 Å². The van der Waals surface area contributed by atoms with E-state index in [1.54, 1.807) is 0 Å². The summed E-state index contributed by atoms with van der Waals surface area (Å²) in [4.78, 5) is 26.1. The Bertz CT molecular complexity index is 547. The number of aliphatic hydroxyl groups excluding tert-OH is 1. The van der Waals surface area contributed by atoms with Crippen LogP contribution in [0.1, 0.15) is 5.56 Å². The first-order chi connectivity index (χ1) is 9.40. The van der Waals surface area contributed by atoms with Crippen molar-refractivity contribution >= 4 is 23.5 Å². The second-order valence-electron chi connectivity index (χ2n) is 3.65. The number of hydrogen-bond acceptors (Lipinski definition) is 4. The van der Waals surface area contributed by atoms with Gasteiger partial charge in [-0.15, -0.1) is 0 Å². The van der Waals surface area contributed by atoms with Gasteiger partial charge in [-0.25, -0.2) is 14.7 Å². The second kappa shape index (κ2) is 7.46. The molecular weight excluding hydrogens is 293 g/mol. The minimum atomic E-state index is -1.62. The number of halogens is 2. The SMILES string of the molecule is O=C(C=C(O)C(=O)O)NOCCc1ccc(F)c(Cl)c1. The standard InChI is InChI=1S/C12H11ClFNO5/c13-8-5-7(1-2-9(8)14)3-4-20-15-11(17)6-10(16)12(18)19/h1-2,5-6,16H,3-4H2,(H,15,17)(H,18,19). The largest absolute Gasteiger partial charge is 0.502 e. The van der Waals surface area contributed by atoms with Crippen molar-refractivity contribution in [2.24, 2.45) is 0 Å². The summed E-state index contributed by atoms with van der Waals surface area (Å²) in [7, 11) is 0. The summed E-state index contributed by atoms with van der Waals surface area (Å²) < 4.78 is 12.9. The monoisotopic (exact) mass is 303 g/mol. The lowest BCUT2D eigenvalue weighted by Crippen LogP contribution is -2.23. The Labute approximate surface area is 118 Å². The van der Waals surface area contributed by atoms with Gasteiger partial charge in [-0.3, -0.25) is 9.63 Å². The van der Waals surface area contributed by atoms with Crippen molar-refractivity contribution in [3.8, 4) is 0 Å². The van der Waals surface area contributed by atoms with Gasteiger partial charge in [0.05, 0.1) is 17.7 Å². The number of carbonyl (C=O) groups is 2. The Kier molecular flexibility index (Phi) is 5.95. The minimum absolute atomic E-state index is 0.0131. The number of rotatable bonds is 6. The number of hydroxylamine groups is 1. The van der Waals surface area contributed by atoms with Crippen LogP contribution in [0.3, 0.4) is 0 Å². The first-order valence-electron chi connectivity index (χ1n) is 5.40. The van der Waals surface area contributed by atoms with Crippen molar-refractivity contribution in [2.45, 2.75) is 6.42 Å². The van der Waals surface area contributed by atoms with Crippen LogP contribution in [-0.2, 0) is 20.8 Å². The number of hydrogen-bond donors (Lipinski definition) is 3. The maximum absolute atomic E-state index is 12.9. The Morgan fingerprint density at radius 2 is 2.10 bits per heavy atom. The van der Waals surface area contributed by atoms with Crippen molar-refractivity contribution in [3.63, 3.8) is 0 Å². The molecule has 1 amide bonds. The van der Waals surface area contributed by atoms with E-state index < -0.39 is 23.5 Å². The van der Waals surface area contributed by atoms with Crippen molar-refractivity contribution in [2.75, 3.05) is 6.61 Å². The summed E-state index contributed by atoms with van der Waals surface area (Å²) in [5.74, 6) is -4.17. The van der Waals surface area contributed by atoms with Gasteiger partial charge in [-0.05, 0) is 24.1 Å². The van der Waals surface area contributed by atoms with Gasteiger partial charge >= 0.3 is 5.97 Å². The fraction of sp³-hybridized carbons (Fsp3) is 0.167. The van der Waals surface area contributed by atoms with Crippen molar-refractivity contribution in [3.05, 3.63) is 46.4 Å². The van der Waals surface area contributed by atoms with E-state index in [4.69, 9.17) is 26.7 Å². The number of carboxylic acids is 1. The summed E-state index contributed by atoms with van der Waals surface area (Å²) in [6.45, 7) is 0.0649. The van der Waals surface area contributed by atoms with Crippen LogP contribution in [0, 0.1) is 5.82 Å². The summed E-state index contributed by atoms with van der Waals surface area (Å²) in [5.41, 5.74) is 2.62. The highest BCUT2D eigenvalue weighted by atomic mass is 35.5. The van der Waals surface area contributed by atoms with Gasteiger partial charge in [-0.2, -0.15) is 0 Å². The summed E-state index contributed by atoms with van der Waals surface area (Å²) in [6, 6.07) is 4.16. The minimum Gasteiger partial charge on any atom is -0.502 e. The molecule has 0 saturated carbocycles. The molecule has 0 aliphatic carbocycles.